The highest BCUT2D eigenvalue weighted by Crippen LogP contribution is 2.60. The van der Waals surface area contributed by atoms with Gasteiger partial charge in [-0.2, -0.15) is 5.10 Å². The van der Waals surface area contributed by atoms with E-state index in [1.807, 2.05) is 36.5 Å². The first kappa shape index (κ1) is 19.3. The van der Waals surface area contributed by atoms with Gasteiger partial charge in [0.25, 0.3) is 0 Å². The highest BCUT2D eigenvalue weighted by atomic mass is 16.2. The Bertz CT molecular complexity index is 900. The third-order valence-electron chi connectivity index (χ3n) is 7.38. The van der Waals surface area contributed by atoms with E-state index in [1.165, 1.54) is 19.3 Å². The van der Waals surface area contributed by atoms with Crippen molar-refractivity contribution in [2.75, 3.05) is 0 Å². The molecule has 4 saturated carbocycles. The summed E-state index contributed by atoms with van der Waals surface area (Å²) < 4.78 is 1.79. The molecule has 0 radical (unpaired) electrons. The molecule has 2 aromatic rings. The number of nitrogens with zero attached hydrogens (tertiary/aromatic N) is 2. The SMILES string of the molecule is C[C@@H](NC(=O)C12CC3CC(CC(C3)C1)C2)C(=O)NCc1cnn(-c2ccccc2)c1. The molecule has 4 bridgehead atoms. The summed E-state index contributed by atoms with van der Waals surface area (Å²) in [4.78, 5) is 25.7. The molecule has 1 aromatic heterocycles. The number of benzene rings is 1. The maximum atomic E-state index is 13.1. The number of aromatic nitrogens is 2. The Balaban J connectivity index is 1.15. The van der Waals surface area contributed by atoms with Crippen LogP contribution in [0.2, 0.25) is 0 Å². The average molecular weight is 407 g/mol. The summed E-state index contributed by atoms with van der Waals surface area (Å²) >= 11 is 0. The standard InChI is InChI=1S/C24H30N4O2/c1-16(27-23(30)24-10-17-7-18(11-24)9-19(8-17)12-24)22(29)25-13-20-14-26-28(15-20)21-5-3-2-4-6-21/h2-6,14-19H,7-13H2,1H3,(H,25,29)(H,27,30)/t16-,17?,18?,19?,24?/m1/s1. The second kappa shape index (κ2) is 7.56. The van der Waals surface area contributed by atoms with Crippen molar-refractivity contribution in [2.24, 2.45) is 23.2 Å². The predicted octanol–water partition coefficient (Wildman–Crippen LogP) is 3.21. The molecule has 4 aliphatic carbocycles. The van der Waals surface area contributed by atoms with Crippen molar-refractivity contribution < 1.29 is 9.59 Å². The van der Waals surface area contributed by atoms with Crippen LogP contribution in [0, 0.1) is 23.2 Å². The normalized spacial score (nSPS) is 30.1. The Morgan fingerprint density at radius 3 is 2.37 bits per heavy atom. The Hall–Kier alpha value is -2.63. The number of carbonyl (C=O) groups is 2. The molecule has 0 spiro atoms. The van der Waals surface area contributed by atoms with Crippen LogP contribution in [0.5, 0.6) is 0 Å². The summed E-state index contributed by atoms with van der Waals surface area (Å²) in [5.74, 6) is 2.09. The van der Waals surface area contributed by atoms with Gasteiger partial charge >= 0.3 is 0 Å². The molecule has 6 rings (SSSR count). The summed E-state index contributed by atoms with van der Waals surface area (Å²) in [5, 5.41) is 10.3. The van der Waals surface area contributed by atoms with Crippen molar-refractivity contribution in [3.63, 3.8) is 0 Å². The molecule has 1 aromatic carbocycles. The number of rotatable bonds is 6. The molecule has 4 aliphatic rings. The first-order chi connectivity index (χ1) is 14.5. The zero-order valence-corrected chi connectivity index (χ0v) is 17.5. The summed E-state index contributed by atoms with van der Waals surface area (Å²) in [6.45, 7) is 2.17. The Labute approximate surface area is 177 Å². The van der Waals surface area contributed by atoms with Crippen LogP contribution in [0.1, 0.15) is 51.0 Å². The largest absolute Gasteiger partial charge is 0.350 e. The van der Waals surface area contributed by atoms with Gasteiger partial charge in [0.2, 0.25) is 11.8 Å². The number of amides is 2. The zero-order chi connectivity index (χ0) is 20.7. The lowest BCUT2D eigenvalue weighted by Gasteiger charge is -2.55. The minimum absolute atomic E-state index is 0.0983. The molecule has 1 atom stereocenters. The minimum Gasteiger partial charge on any atom is -0.350 e. The molecule has 2 N–H and O–H groups in total. The van der Waals surface area contributed by atoms with Gasteiger partial charge in [0, 0.05) is 23.7 Å². The van der Waals surface area contributed by atoms with E-state index in [9.17, 15) is 9.59 Å². The van der Waals surface area contributed by atoms with Crippen molar-refractivity contribution >= 4 is 11.8 Å². The Morgan fingerprint density at radius 1 is 1.10 bits per heavy atom. The van der Waals surface area contributed by atoms with E-state index in [-0.39, 0.29) is 17.2 Å². The number of nitrogens with one attached hydrogen (secondary N) is 2. The molecule has 6 heteroatoms. The number of hydrogen-bond acceptors (Lipinski definition) is 3. The van der Waals surface area contributed by atoms with E-state index < -0.39 is 6.04 Å². The van der Waals surface area contributed by atoms with Crippen LogP contribution >= 0.6 is 0 Å². The van der Waals surface area contributed by atoms with Gasteiger partial charge in [-0.25, -0.2) is 4.68 Å². The first-order valence-corrected chi connectivity index (χ1v) is 11.2. The van der Waals surface area contributed by atoms with Crippen LogP contribution in [0.25, 0.3) is 5.69 Å². The average Bonchev–Trinajstić information content (AvgIpc) is 3.20. The molecular formula is C24H30N4O2. The molecule has 30 heavy (non-hydrogen) atoms. The van der Waals surface area contributed by atoms with Crippen molar-refractivity contribution in [3.8, 4) is 5.69 Å². The zero-order valence-electron chi connectivity index (χ0n) is 17.5. The smallest absolute Gasteiger partial charge is 0.242 e. The van der Waals surface area contributed by atoms with Crippen molar-refractivity contribution in [1.82, 2.24) is 20.4 Å². The molecule has 0 aliphatic heterocycles. The fourth-order valence-corrected chi connectivity index (χ4v) is 6.32. The van der Waals surface area contributed by atoms with E-state index in [0.717, 1.165) is 30.5 Å². The first-order valence-electron chi connectivity index (χ1n) is 11.2. The van der Waals surface area contributed by atoms with Gasteiger partial charge < -0.3 is 10.6 Å². The third kappa shape index (κ3) is 3.64. The van der Waals surface area contributed by atoms with Crippen LogP contribution in [0.4, 0.5) is 0 Å². The van der Waals surface area contributed by atoms with Crippen LogP contribution in [-0.2, 0) is 16.1 Å². The summed E-state index contributed by atoms with van der Waals surface area (Å²) in [5.41, 5.74) is 1.68. The van der Waals surface area contributed by atoms with Crippen LogP contribution in [0.3, 0.4) is 0 Å². The van der Waals surface area contributed by atoms with Crippen LogP contribution in [0.15, 0.2) is 42.7 Å². The third-order valence-corrected chi connectivity index (χ3v) is 7.38. The van der Waals surface area contributed by atoms with E-state index in [1.54, 1.807) is 17.8 Å². The summed E-state index contributed by atoms with van der Waals surface area (Å²) in [7, 11) is 0. The van der Waals surface area contributed by atoms with Gasteiger partial charge in [-0.3, -0.25) is 9.59 Å². The Morgan fingerprint density at radius 2 is 1.73 bits per heavy atom. The topological polar surface area (TPSA) is 76.0 Å². The lowest BCUT2D eigenvalue weighted by atomic mass is 9.49. The van der Waals surface area contributed by atoms with Crippen molar-refractivity contribution in [1.29, 1.82) is 0 Å². The second-order valence-electron chi connectivity index (χ2n) is 9.74. The molecule has 4 fully saturated rings. The van der Waals surface area contributed by atoms with Gasteiger partial charge in [0.05, 0.1) is 11.9 Å². The van der Waals surface area contributed by atoms with E-state index in [4.69, 9.17) is 0 Å². The molecule has 0 unspecified atom stereocenters. The Kier molecular flexibility index (Phi) is 4.88. The number of carbonyl (C=O) groups excluding carboxylic acids is 2. The quantitative estimate of drug-likeness (QED) is 0.773. The maximum Gasteiger partial charge on any atom is 0.242 e. The molecule has 0 saturated heterocycles. The van der Waals surface area contributed by atoms with Gasteiger partial charge in [0.15, 0.2) is 0 Å². The maximum absolute atomic E-state index is 13.1. The van der Waals surface area contributed by atoms with Crippen LogP contribution in [-0.4, -0.2) is 27.6 Å². The van der Waals surface area contributed by atoms with Crippen LogP contribution < -0.4 is 10.6 Å². The lowest BCUT2D eigenvalue weighted by molar-refractivity contribution is -0.148. The molecule has 2 amide bonds. The van der Waals surface area contributed by atoms with Gasteiger partial charge in [-0.05, 0) is 75.3 Å². The van der Waals surface area contributed by atoms with Gasteiger partial charge in [0.1, 0.15) is 6.04 Å². The fraction of sp³-hybridized carbons (Fsp3) is 0.542. The fourth-order valence-electron chi connectivity index (χ4n) is 6.32. The highest BCUT2D eigenvalue weighted by Gasteiger charge is 2.54. The molecule has 6 nitrogen and oxygen atoms in total. The van der Waals surface area contributed by atoms with E-state index in [2.05, 4.69) is 15.7 Å². The summed E-state index contributed by atoms with van der Waals surface area (Å²) in [6.07, 6.45) is 10.6. The van der Waals surface area contributed by atoms with E-state index in [0.29, 0.717) is 24.3 Å². The molecule has 158 valence electrons. The molecular weight excluding hydrogens is 376 g/mol. The van der Waals surface area contributed by atoms with Crippen molar-refractivity contribution in [3.05, 3.63) is 48.3 Å². The lowest BCUT2D eigenvalue weighted by Crippen LogP contribution is -2.56. The highest BCUT2D eigenvalue weighted by molar-refractivity contribution is 5.90. The minimum atomic E-state index is -0.533. The van der Waals surface area contributed by atoms with E-state index >= 15 is 0 Å². The van der Waals surface area contributed by atoms with Crippen molar-refractivity contribution in [2.45, 2.75) is 58.0 Å². The number of para-hydroxylation sites is 1. The second-order valence-corrected chi connectivity index (χ2v) is 9.74. The van der Waals surface area contributed by atoms with Gasteiger partial charge in [-0.15, -0.1) is 0 Å². The molecule has 1 heterocycles. The van der Waals surface area contributed by atoms with Gasteiger partial charge in [-0.1, -0.05) is 18.2 Å². The summed E-state index contributed by atoms with van der Waals surface area (Å²) in [6, 6.07) is 9.33. The predicted molar refractivity (Wildman–Crippen MR) is 114 cm³/mol. The number of hydrogen-bond donors (Lipinski definition) is 2. The monoisotopic (exact) mass is 406 g/mol.